The van der Waals surface area contributed by atoms with Gasteiger partial charge in [0.25, 0.3) is 11.8 Å². The number of nitrogens with one attached hydrogen (secondary N) is 1. The number of para-hydroxylation sites is 3. The lowest BCUT2D eigenvalue weighted by molar-refractivity contribution is -0.136. The normalized spacial score (nSPS) is 15.2. The minimum absolute atomic E-state index is 0.0619. The third-order valence-corrected chi connectivity index (χ3v) is 7.36. The molecule has 0 aromatic heterocycles. The third kappa shape index (κ3) is 4.71. The van der Waals surface area contributed by atoms with Gasteiger partial charge < -0.3 is 10.4 Å². The molecule has 4 aromatic rings. The van der Waals surface area contributed by atoms with Crippen LogP contribution in [-0.4, -0.2) is 22.9 Å². The van der Waals surface area contributed by atoms with E-state index in [9.17, 15) is 19.5 Å². The maximum atomic E-state index is 14.9. The van der Waals surface area contributed by atoms with Gasteiger partial charge in [0.2, 0.25) is 0 Å². The number of anilines is 3. The molecule has 0 bridgehead atoms. The second-order valence-electron chi connectivity index (χ2n) is 9.82. The summed E-state index contributed by atoms with van der Waals surface area (Å²) >= 11 is 0. The highest BCUT2D eigenvalue weighted by Gasteiger charge is 2.63. The maximum Gasteiger partial charge on any atom is 0.337 e. The van der Waals surface area contributed by atoms with E-state index in [0.717, 1.165) is 6.42 Å². The summed E-state index contributed by atoms with van der Waals surface area (Å²) in [6.45, 7) is 2.02. The summed E-state index contributed by atoms with van der Waals surface area (Å²) in [6, 6.07) is 33.3. The molecule has 1 atom stereocenters. The Bertz CT molecular complexity index is 1430. The number of hydrogen-bond acceptors (Lipinski definition) is 4. The molecule has 40 heavy (non-hydrogen) atoms. The molecule has 7 heteroatoms. The Morgan fingerprint density at radius 2 is 1.23 bits per heavy atom. The molecule has 1 aliphatic rings. The first-order valence-electron chi connectivity index (χ1n) is 13.4. The van der Waals surface area contributed by atoms with Crippen LogP contribution >= 0.6 is 0 Å². The van der Waals surface area contributed by atoms with Crippen molar-refractivity contribution < 1.29 is 19.5 Å². The molecule has 1 heterocycles. The molecule has 7 nitrogen and oxygen atoms in total. The summed E-state index contributed by atoms with van der Waals surface area (Å²) in [7, 11) is 0. The lowest BCUT2D eigenvalue weighted by Crippen LogP contribution is -2.45. The Kier molecular flexibility index (Phi) is 7.64. The van der Waals surface area contributed by atoms with Gasteiger partial charge in [0.05, 0.1) is 23.0 Å². The van der Waals surface area contributed by atoms with Crippen LogP contribution < -0.4 is 15.3 Å². The Morgan fingerprint density at radius 1 is 0.750 bits per heavy atom. The summed E-state index contributed by atoms with van der Waals surface area (Å²) in [6.07, 6.45) is 1.66. The number of carbonyl (C=O) groups excluding carboxylic acids is 2. The predicted molar refractivity (Wildman–Crippen MR) is 156 cm³/mol. The van der Waals surface area contributed by atoms with Crippen LogP contribution in [0.1, 0.15) is 48.1 Å². The number of carbonyl (C=O) groups is 3. The second kappa shape index (κ2) is 11.5. The molecule has 2 N–H and O–H groups in total. The molecular formula is C33H31N3O4. The van der Waals surface area contributed by atoms with Crippen LogP contribution in [0.2, 0.25) is 0 Å². The van der Waals surface area contributed by atoms with E-state index in [4.69, 9.17) is 0 Å². The van der Waals surface area contributed by atoms with E-state index >= 15 is 0 Å². The minimum atomic E-state index is -1.56. The summed E-state index contributed by atoms with van der Waals surface area (Å²) in [5.41, 5.74) is 0.691. The average molecular weight is 534 g/mol. The SMILES string of the molecule is CCCCC1(C(Nc2ccccc2C(=O)O)c2ccccc2)C(=O)N(c2ccccc2)N(c2ccccc2)C1=O. The first kappa shape index (κ1) is 26.7. The molecule has 4 aromatic carbocycles. The van der Waals surface area contributed by atoms with E-state index in [1.807, 2.05) is 97.9 Å². The van der Waals surface area contributed by atoms with Crippen molar-refractivity contribution in [1.29, 1.82) is 0 Å². The topological polar surface area (TPSA) is 89.9 Å². The quantitative estimate of drug-likeness (QED) is 0.221. The fourth-order valence-electron chi connectivity index (χ4n) is 5.40. The zero-order valence-electron chi connectivity index (χ0n) is 22.2. The van der Waals surface area contributed by atoms with Crippen LogP contribution in [0, 0.1) is 5.41 Å². The molecule has 5 rings (SSSR count). The molecule has 0 spiro atoms. The monoisotopic (exact) mass is 533 g/mol. The lowest BCUT2D eigenvalue weighted by atomic mass is 9.72. The van der Waals surface area contributed by atoms with Gasteiger partial charge in [0.15, 0.2) is 5.41 Å². The van der Waals surface area contributed by atoms with Gasteiger partial charge in [-0.2, -0.15) is 0 Å². The van der Waals surface area contributed by atoms with E-state index in [1.165, 1.54) is 16.1 Å². The highest BCUT2D eigenvalue weighted by atomic mass is 16.4. The summed E-state index contributed by atoms with van der Waals surface area (Å²) < 4.78 is 0. The van der Waals surface area contributed by atoms with E-state index in [2.05, 4.69) is 5.32 Å². The Labute approximate surface area is 233 Å². The zero-order chi connectivity index (χ0) is 28.1. The number of hydrazine groups is 1. The number of rotatable bonds is 10. The van der Waals surface area contributed by atoms with Crippen LogP contribution in [0.3, 0.4) is 0 Å². The predicted octanol–water partition coefficient (Wildman–Crippen LogP) is 6.71. The molecular weight excluding hydrogens is 502 g/mol. The van der Waals surface area contributed by atoms with Crippen LogP contribution in [0.15, 0.2) is 115 Å². The van der Waals surface area contributed by atoms with Crippen molar-refractivity contribution in [2.45, 2.75) is 32.2 Å². The van der Waals surface area contributed by atoms with Crippen molar-refractivity contribution in [3.63, 3.8) is 0 Å². The number of carboxylic acid groups (broad SMARTS) is 1. The Hall–Kier alpha value is -4.91. The van der Waals surface area contributed by atoms with Crippen molar-refractivity contribution in [2.24, 2.45) is 5.41 Å². The number of carboxylic acids is 1. The number of unbranched alkanes of at least 4 members (excludes halogenated alkanes) is 1. The van der Waals surface area contributed by atoms with E-state index < -0.39 is 17.4 Å². The first-order chi connectivity index (χ1) is 19.5. The van der Waals surface area contributed by atoms with Crippen LogP contribution in [0.4, 0.5) is 17.1 Å². The van der Waals surface area contributed by atoms with Gasteiger partial charge in [-0.15, -0.1) is 0 Å². The van der Waals surface area contributed by atoms with Gasteiger partial charge in [0, 0.05) is 5.69 Å². The number of amides is 2. The van der Waals surface area contributed by atoms with Crippen LogP contribution in [0.25, 0.3) is 0 Å². The van der Waals surface area contributed by atoms with E-state index in [-0.39, 0.29) is 23.8 Å². The number of nitrogens with zero attached hydrogens (tertiary/aromatic N) is 2. The molecule has 1 saturated heterocycles. The fourth-order valence-corrected chi connectivity index (χ4v) is 5.40. The summed E-state index contributed by atoms with van der Waals surface area (Å²) in [5, 5.41) is 16.2. The van der Waals surface area contributed by atoms with Crippen molar-refractivity contribution in [3.8, 4) is 0 Å². The van der Waals surface area contributed by atoms with Gasteiger partial charge in [-0.25, -0.2) is 14.8 Å². The van der Waals surface area contributed by atoms with Crippen molar-refractivity contribution in [2.75, 3.05) is 15.3 Å². The molecule has 0 aliphatic carbocycles. The highest BCUT2D eigenvalue weighted by Crippen LogP contribution is 2.50. The Morgan fingerprint density at radius 3 is 1.73 bits per heavy atom. The minimum Gasteiger partial charge on any atom is -0.478 e. The summed E-state index contributed by atoms with van der Waals surface area (Å²) in [4.78, 5) is 41.8. The van der Waals surface area contributed by atoms with Crippen molar-refractivity contribution in [3.05, 3.63) is 126 Å². The second-order valence-corrected chi connectivity index (χ2v) is 9.82. The zero-order valence-corrected chi connectivity index (χ0v) is 22.2. The standard InChI is InChI=1S/C33H31N3O4/c1-2-3-23-33(29(24-15-7-4-8-16-24)34-28-22-14-13-21-27(28)30(37)38)31(39)35(25-17-9-5-10-18-25)36(32(33)40)26-19-11-6-12-20-26/h4-22,29,34H,2-3,23H2,1H3,(H,37,38). The van der Waals surface area contributed by atoms with E-state index in [1.54, 1.807) is 18.2 Å². The van der Waals surface area contributed by atoms with Gasteiger partial charge in [-0.05, 0) is 48.4 Å². The summed E-state index contributed by atoms with van der Waals surface area (Å²) in [5.74, 6) is -1.83. The molecule has 1 unspecified atom stereocenters. The highest BCUT2D eigenvalue weighted by molar-refractivity contribution is 6.27. The van der Waals surface area contributed by atoms with E-state index in [0.29, 0.717) is 29.0 Å². The average Bonchev–Trinajstić information content (AvgIpc) is 3.22. The molecule has 1 aliphatic heterocycles. The molecule has 0 saturated carbocycles. The van der Waals surface area contributed by atoms with Crippen LogP contribution in [-0.2, 0) is 9.59 Å². The smallest absolute Gasteiger partial charge is 0.337 e. The fraction of sp³-hybridized carbons (Fsp3) is 0.182. The molecule has 202 valence electrons. The third-order valence-electron chi connectivity index (χ3n) is 7.36. The molecule has 1 fully saturated rings. The van der Waals surface area contributed by atoms with Crippen molar-refractivity contribution in [1.82, 2.24) is 0 Å². The number of aromatic carboxylic acids is 1. The number of benzene rings is 4. The van der Waals surface area contributed by atoms with Gasteiger partial charge in [-0.1, -0.05) is 98.6 Å². The lowest BCUT2D eigenvalue weighted by Gasteiger charge is -2.35. The van der Waals surface area contributed by atoms with Gasteiger partial charge in [0.1, 0.15) is 0 Å². The van der Waals surface area contributed by atoms with Gasteiger partial charge >= 0.3 is 5.97 Å². The first-order valence-corrected chi connectivity index (χ1v) is 13.4. The van der Waals surface area contributed by atoms with Crippen LogP contribution in [0.5, 0.6) is 0 Å². The Balaban J connectivity index is 1.75. The largest absolute Gasteiger partial charge is 0.478 e. The van der Waals surface area contributed by atoms with Crippen molar-refractivity contribution >= 4 is 34.8 Å². The maximum absolute atomic E-state index is 14.9. The number of hydrogen-bond donors (Lipinski definition) is 2. The molecule has 0 radical (unpaired) electrons. The van der Waals surface area contributed by atoms with Gasteiger partial charge in [-0.3, -0.25) is 9.59 Å². The molecule has 2 amide bonds.